The van der Waals surface area contributed by atoms with E-state index < -0.39 is 11.3 Å². The van der Waals surface area contributed by atoms with Crippen LogP contribution in [0.5, 0.6) is 11.5 Å². The van der Waals surface area contributed by atoms with Crippen LogP contribution in [0, 0.1) is 5.41 Å². The normalized spacial score (nSPS) is 17.9. The fourth-order valence-corrected chi connectivity index (χ4v) is 4.07. The molecule has 1 aliphatic heterocycles. The minimum Gasteiger partial charge on any atom is -0.455 e. The molecule has 2 aromatic rings. The highest BCUT2D eigenvalue weighted by molar-refractivity contribution is 6.09. The molecule has 0 atom stereocenters. The zero-order valence-corrected chi connectivity index (χ0v) is 15.5. The number of hydrogen-bond acceptors (Lipinski definition) is 4. The monoisotopic (exact) mass is 378 g/mol. The third-order valence-corrected chi connectivity index (χ3v) is 5.48. The molecule has 0 radical (unpaired) electrons. The second-order valence-corrected chi connectivity index (χ2v) is 7.41. The third-order valence-electron chi connectivity index (χ3n) is 5.48. The fraction of sp³-hybridized carbons (Fsp3) is 0.318. The highest BCUT2D eigenvalue weighted by atomic mass is 16.5. The first-order valence-corrected chi connectivity index (χ1v) is 9.54. The van der Waals surface area contributed by atoms with Crippen LogP contribution in [0.15, 0.2) is 54.6 Å². The molecule has 3 amide bonds. The molecular formula is C22H22N2O4. The lowest BCUT2D eigenvalue weighted by Gasteiger charge is -2.20. The predicted octanol–water partition coefficient (Wildman–Crippen LogP) is 3.74. The molecule has 6 heteroatoms. The molecule has 28 heavy (non-hydrogen) atoms. The number of imide groups is 1. The summed E-state index contributed by atoms with van der Waals surface area (Å²) in [5.41, 5.74) is -0.0721. The smallest absolute Gasteiger partial charge is 0.244 e. The van der Waals surface area contributed by atoms with Gasteiger partial charge in [-0.2, -0.15) is 0 Å². The van der Waals surface area contributed by atoms with Gasteiger partial charge >= 0.3 is 0 Å². The van der Waals surface area contributed by atoms with E-state index in [1.54, 1.807) is 18.2 Å². The van der Waals surface area contributed by atoms with E-state index >= 15 is 0 Å². The van der Waals surface area contributed by atoms with Crippen LogP contribution in [0.4, 0.5) is 5.69 Å². The van der Waals surface area contributed by atoms with Crippen molar-refractivity contribution in [3.05, 3.63) is 54.6 Å². The molecule has 2 aliphatic rings. The summed E-state index contributed by atoms with van der Waals surface area (Å²) >= 11 is 0. The Balaban J connectivity index is 1.45. The number of para-hydroxylation sites is 3. The number of carbonyl (C=O) groups is 3. The van der Waals surface area contributed by atoms with Gasteiger partial charge in [0.2, 0.25) is 17.7 Å². The van der Waals surface area contributed by atoms with Gasteiger partial charge in [-0.1, -0.05) is 43.2 Å². The molecule has 0 unspecified atom stereocenters. The van der Waals surface area contributed by atoms with Crippen molar-refractivity contribution in [2.24, 2.45) is 5.41 Å². The van der Waals surface area contributed by atoms with E-state index in [1.165, 1.54) is 0 Å². The van der Waals surface area contributed by atoms with E-state index in [2.05, 4.69) is 5.32 Å². The number of nitrogens with one attached hydrogen (secondary N) is 1. The molecule has 4 rings (SSSR count). The van der Waals surface area contributed by atoms with Crippen LogP contribution in [-0.2, 0) is 14.4 Å². The van der Waals surface area contributed by atoms with Crippen molar-refractivity contribution in [1.82, 2.24) is 4.90 Å². The molecule has 1 heterocycles. The van der Waals surface area contributed by atoms with Gasteiger partial charge in [0.15, 0.2) is 5.75 Å². The lowest BCUT2D eigenvalue weighted by Crippen LogP contribution is -2.39. The summed E-state index contributed by atoms with van der Waals surface area (Å²) in [5, 5.41) is 2.77. The summed E-state index contributed by atoms with van der Waals surface area (Å²) in [6, 6.07) is 16.3. The number of rotatable bonds is 5. The Morgan fingerprint density at radius 2 is 1.68 bits per heavy atom. The van der Waals surface area contributed by atoms with Gasteiger partial charge in [0.1, 0.15) is 12.3 Å². The van der Waals surface area contributed by atoms with E-state index in [0.29, 0.717) is 17.2 Å². The largest absolute Gasteiger partial charge is 0.455 e. The minimum absolute atomic E-state index is 0.195. The van der Waals surface area contributed by atoms with Gasteiger partial charge in [-0.15, -0.1) is 0 Å². The quantitative estimate of drug-likeness (QED) is 0.805. The first-order chi connectivity index (χ1) is 13.6. The van der Waals surface area contributed by atoms with Crippen molar-refractivity contribution in [1.29, 1.82) is 0 Å². The lowest BCUT2D eigenvalue weighted by molar-refractivity contribution is -0.143. The van der Waals surface area contributed by atoms with Gasteiger partial charge in [0.05, 0.1) is 11.1 Å². The number of hydrogen-bond donors (Lipinski definition) is 1. The van der Waals surface area contributed by atoms with Crippen molar-refractivity contribution < 1.29 is 19.1 Å². The minimum atomic E-state index is -0.564. The van der Waals surface area contributed by atoms with Gasteiger partial charge < -0.3 is 10.1 Å². The van der Waals surface area contributed by atoms with E-state index in [-0.39, 0.29) is 24.8 Å². The SMILES string of the molecule is O=C(CN1C(=O)CC2(CCCC2)C1=O)Nc1ccccc1Oc1ccccc1. The highest BCUT2D eigenvalue weighted by Crippen LogP contribution is 2.46. The predicted molar refractivity (Wildman–Crippen MR) is 104 cm³/mol. The molecule has 144 valence electrons. The number of nitrogens with zero attached hydrogens (tertiary/aromatic N) is 1. The van der Waals surface area contributed by atoms with Gasteiger partial charge in [-0.3, -0.25) is 19.3 Å². The first kappa shape index (κ1) is 18.2. The average Bonchev–Trinajstić information content (AvgIpc) is 3.25. The Labute approximate surface area is 163 Å². The zero-order chi connectivity index (χ0) is 19.6. The summed E-state index contributed by atoms with van der Waals surface area (Å²) < 4.78 is 5.84. The summed E-state index contributed by atoms with van der Waals surface area (Å²) in [6.45, 7) is -0.265. The molecule has 1 saturated heterocycles. The maximum absolute atomic E-state index is 12.7. The number of carbonyl (C=O) groups excluding carboxylic acids is 3. The van der Waals surface area contributed by atoms with Gasteiger partial charge in [0, 0.05) is 6.42 Å². The maximum Gasteiger partial charge on any atom is 0.244 e. The molecule has 0 bridgehead atoms. The van der Waals surface area contributed by atoms with E-state index in [9.17, 15) is 14.4 Å². The third kappa shape index (κ3) is 3.50. The molecular weight excluding hydrogens is 356 g/mol. The fourth-order valence-electron chi connectivity index (χ4n) is 4.07. The highest BCUT2D eigenvalue weighted by Gasteiger charge is 2.52. The van der Waals surface area contributed by atoms with Crippen LogP contribution in [0.1, 0.15) is 32.1 Å². The number of benzene rings is 2. The van der Waals surface area contributed by atoms with Crippen LogP contribution >= 0.6 is 0 Å². The topological polar surface area (TPSA) is 75.7 Å². The van der Waals surface area contributed by atoms with Crippen LogP contribution < -0.4 is 10.1 Å². The average molecular weight is 378 g/mol. The van der Waals surface area contributed by atoms with Gasteiger partial charge in [-0.05, 0) is 37.1 Å². The molecule has 1 aliphatic carbocycles. The second kappa shape index (κ2) is 7.46. The van der Waals surface area contributed by atoms with Crippen molar-refractivity contribution in [2.75, 3.05) is 11.9 Å². The molecule has 1 spiro atoms. The van der Waals surface area contributed by atoms with E-state index in [0.717, 1.165) is 30.6 Å². The van der Waals surface area contributed by atoms with Gasteiger partial charge in [-0.25, -0.2) is 0 Å². The van der Waals surface area contributed by atoms with Crippen LogP contribution in [0.3, 0.4) is 0 Å². The summed E-state index contributed by atoms with van der Waals surface area (Å²) in [4.78, 5) is 38.7. The van der Waals surface area contributed by atoms with Gasteiger partial charge in [0.25, 0.3) is 0 Å². The maximum atomic E-state index is 12.7. The number of amides is 3. The van der Waals surface area contributed by atoms with Crippen molar-refractivity contribution >= 4 is 23.4 Å². The Hall–Kier alpha value is -3.15. The molecule has 0 aromatic heterocycles. The van der Waals surface area contributed by atoms with Crippen LogP contribution in [0.2, 0.25) is 0 Å². The Morgan fingerprint density at radius 3 is 2.43 bits per heavy atom. The standard InChI is InChI=1S/C22H22N2O4/c25-19(15-24-20(26)14-22(21(24)27)12-6-7-13-22)23-17-10-4-5-11-18(17)28-16-8-2-1-3-9-16/h1-5,8-11H,6-7,12-15H2,(H,23,25). The van der Waals surface area contributed by atoms with E-state index in [4.69, 9.17) is 4.74 Å². The summed E-state index contributed by atoms with van der Waals surface area (Å²) in [5.74, 6) is 0.279. The number of anilines is 1. The molecule has 2 fully saturated rings. The van der Waals surface area contributed by atoms with Crippen LogP contribution in [-0.4, -0.2) is 29.2 Å². The van der Waals surface area contributed by atoms with Crippen molar-refractivity contribution in [3.63, 3.8) is 0 Å². The van der Waals surface area contributed by atoms with E-state index in [1.807, 2.05) is 36.4 Å². The molecule has 2 aromatic carbocycles. The van der Waals surface area contributed by atoms with Crippen molar-refractivity contribution in [2.45, 2.75) is 32.1 Å². The van der Waals surface area contributed by atoms with Crippen molar-refractivity contribution in [3.8, 4) is 11.5 Å². The molecule has 1 N–H and O–H groups in total. The zero-order valence-electron chi connectivity index (χ0n) is 15.5. The molecule has 1 saturated carbocycles. The molecule has 6 nitrogen and oxygen atoms in total. The second-order valence-electron chi connectivity index (χ2n) is 7.41. The number of likely N-dealkylation sites (tertiary alicyclic amines) is 1. The first-order valence-electron chi connectivity index (χ1n) is 9.54. The summed E-state index contributed by atoms with van der Waals surface area (Å²) in [6.07, 6.45) is 3.63. The lowest BCUT2D eigenvalue weighted by atomic mass is 9.84. The number of ether oxygens (including phenoxy) is 1. The Kier molecular flexibility index (Phi) is 4.86. The Morgan fingerprint density at radius 1 is 1.00 bits per heavy atom. The summed E-state index contributed by atoms with van der Waals surface area (Å²) in [7, 11) is 0. The van der Waals surface area contributed by atoms with Crippen LogP contribution in [0.25, 0.3) is 0 Å². The Bertz CT molecular complexity index is 904.